The van der Waals surface area contributed by atoms with Crippen LogP contribution < -0.4 is 4.90 Å². The van der Waals surface area contributed by atoms with E-state index in [9.17, 15) is 9.18 Å². The molecular formula is C24H31FN4O2. The Morgan fingerprint density at radius 3 is 2.84 bits per heavy atom. The minimum Gasteiger partial charge on any atom is -0.368 e. The molecule has 166 valence electrons. The molecule has 0 N–H and O–H groups in total. The van der Waals surface area contributed by atoms with E-state index >= 15 is 0 Å². The monoisotopic (exact) mass is 426 g/mol. The molecule has 2 heterocycles. The van der Waals surface area contributed by atoms with Crippen LogP contribution in [-0.4, -0.2) is 54.6 Å². The number of rotatable bonds is 6. The number of hydrogen-bond acceptors (Lipinski definition) is 5. The predicted molar refractivity (Wildman–Crippen MR) is 118 cm³/mol. The van der Waals surface area contributed by atoms with Gasteiger partial charge in [-0.05, 0) is 30.0 Å². The molecule has 0 spiro atoms. The second-order valence-corrected chi connectivity index (χ2v) is 8.76. The van der Waals surface area contributed by atoms with Crippen LogP contribution in [0.1, 0.15) is 50.3 Å². The van der Waals surface area contributed by atoms with Crippen LogP contribution in [0.25, 0.3) is 11.1 Å². The lowest BCUT2D eigenvalue weighted by atomic mass is 10.00. The van der Waals surface area contributed by atoms with E-state index in [1.165, 1.54) is 37.8 Å². The highest BCUT2D eigenvalue weighted by Crippen LogP contribution is 2.33. The minimum atomic E-state index is -0.371. The third kappa shape index (κ3) is 5.21. The zero-order valence-electron chi connectivity index (χ0n) is 18.4. The van der Waals surface area contributed by atoms with Crippen molar-refractivity contribution in [2.75, 3.05) is 38.7 Å². The molecule has 7 heteroatoms. The Bertz CT molecular complexity index is 914. The Labute approximate surface area is 183 Å². The lowest BCUT2D eigenvalue weighted by Crippen LogP contribution is -2.42. The number of morpholine rings is 1. The van der Waals surface area contributed by atoms with Gasteiger partial charge in [-0.15, -0.1) is 0 Å². The van der Waals surface area contributed by atoms with Crippen LogP contribution in [-0.2, 0) is 9.53 Å². The van der Waals surface area contributed by atoms with Crippen molar-refractivity contribution >= 4 is 11.9 Å². The average molecular weight is 427 g/mol. The highest BCUT2D eigenvalue weighted by atomic mass is 19.1. The van der Waals surface area contributed by atoms with E-state index in [1.807, 2.05) is 30.0 Å². The van der Waals surface area contributed by atoms with Crippen molar-refractivity contribution in [3.05, 3.63) is 42.0 Å². The van der Waals surface area contributed by atoms with Gasteiger partial charge in [0.25, 0.3) is 0 Å². The first-order valence-corrected chi connectivity index (χ1v) is 11.2. The molecule has 1 aliphatic carbocycles. The number of benzene rings is 1. The van der Waals surface area contributed by atoms with Crippen LogP contribution in [0.4, 0.5) is 10.3 Å². The molecule has 1 aliphatic heterocycles. The highest BCUT2D eigenvalue weighted by Gasteiger charge is 2.29. The first-order chi connectivity index (χ1) is 15.0. The van der Waals surface area contributed by atoms with Gasteiger partial charge in [0.2, 0.25) is 11.9 Å². The van der Waals surface area contributed by atoms with Gasteiger partial charge in [-0.3, -0.25) is 4.79 Å². The summed E-state index contributed by atoms with van der Waals surface area (Å²) in [7, 11) is 3.75. The Hall–Kier alpha value is -2.54. The molecule has 1 saturated carbocycles. The number of amides is 1. The topological polar surface area (TPSA) is 58.6 Å². The summed E-state index contributed by atoms with van der Waals surface area (Å²) < 4.78 is 19.9. The van der Waals surface area contributed by atoms with Gasteiger partial charge in [-0.1, -0.05) is 37.8 Å². The molecule has 1 amide bonds. The molecule has 2 aromatic rings. The Balaban J connectivity index is 1.55. The number of carbonyl (C=O) groups is 1. The fourth-order valence-corrected chi connectivity index (χ4v) is 4.55. The SMILES string of the molecule is CN(C)c1ncc(-c2cccc(F)c2)c(C2CN(C(=O)CCC3CCCC3)CCO2)n1. The van der Waals surface area contributed by atoms with Gasteiger partial charge in [0.15, 0.2) is 0 Å². The van der Waals surface area contributed by atoms with Gasteiger partial charge in [0.1, 0.15) is 11.9 Å². The Morgan fingerprint density at radius 2 is 2.10 bits per heavy atom. The van der Waals surface area contributed by atoms with E-state index < -0.39 is 0 Å². The largest absolute Gasteiger partial charge is 0.368 e. The standard InChI is InChI=1S/C24H31FN4O2/c1-28(2)24-26-15-20(18-8-5-9-19(25)14-18)23(27-24)21-16-29(12-13-31-21)22(30)11-10-17-6-3-4-7-17/h5,8-9,14-15,17,21H,3-4,6-7,10-13,16H2,1-2H3. The molecule has 2 fully saturated rings. The molecule has 1 unspecified atom stereocenters. The van der Waals surface area contributed by atoms with Gasteiger partial charge < -0.3 is 14.5 Å². The zero-order valence-corrected chi connectivity index (χ0v) is 18.4. The van der Waals surface area contributed by atoms with E-state index in [0.717, 1.165) is 12.0 Å². The summed E-state index contributed by atoms with van der Waals surface area (Å²) in [5.74, 6) is 1.14. The van der Waals surface area contributed by atoms with Gasteiger partial charge in [-0.25, -0.2) is 14.4 Å². The summed E-state index contributed by atoms with van der Waals surface area (Å²) in [6.07, 6.45) is 8.02. The number of carbonyl (C=O) groups excluding carboxylic acids is 1. The molecule has 0 bridgehead atoms. The minimum absolute atomic E-state index is 0.189. The number of anilines is 1. The lowest BCUT2D eigenvalue weighted by Gasteiger charge is -2.34. The van der Waals surface area contributed by atoms with Crippen molar-refractivity contribution in [1.82, 2.24) is 14.9 Å². The molecule has 1 saturated heterocycles. The van der Waals surface area contributed by atoms with Crippen LogP contribution in [0.3, 0.4) is 0 Å². The summed E-state index contributed by atoms with van der Waals surface area (Å²) in [6.45, 7) is 1.51. The molecule has 6 nitrogen and oxygen atoms in total. The molecule has 1 aromatic carbocycles. The summed E-state index contributed by atoms with van der Waals surface area (Å²) in [5, 5.41) is 0. The maximum atomic E-state index is 13.9. The Morgan fingerprint density at radius 1 is 1.29 bits per heavy atom. The third-order valence-corrected chi connectivity index (χ3v) is 6.31. The lowest BCUT2D eigenvalue weighted by molar-refractivity contribution is -0.139. The summed E-state index contributed by atoms with van der Waals surface area (Å²) in [6, 6.07) is 6.41. The molecule has 1 aromatic heterocycles. The molecule has 0 radical (unpaired) electrons. The smallest absolute Gasteiger partial charge is 0.225 e. The van der Waals surface area contributed by atoms with E-state index in [-0.39, 0.29) is 17.8 Å². The number of ether oxygens (including phenoxy) is 1. The van der Waals surface area contributed by atoms with Crippen molar-refractivity contribution < 1.29 is 13.9 Å². The van der Waals surface area contributed by atoms with Crippen LogP contribution in [0.15, 0.2) is 30.5 Å². The second-order valence-electron chi connectivity index (χ2n) is 8.76. The first kappa shape index (κ1) is 21.7. The summed E-state index contributed by atoms with van der Waals surface area (Å²) >= 11 is 0. The number of aromatic nitrogens is 2. The molecule has 4 rings (SSSR count). The third-order valence-electron chi connectivity index (χ3n) is 6.31. The van der Waals surface area contributed by atoms with Crippen molar-refractivity contribution in [1.29, 1.82) is 0 Å². The quantitative estimate of drug-likeness (QED) is 0.692. The molecular weight excluding hydrogens is 395 g/mol. The summed E-state index contributed by atoms with van der Waals surface area (Å²) in [5.41, 5.74) is 2.13. The van der Waals surface area contributed by atoms with Crippen molar-refractivity contribution in [3.8, 4) is 11.1 Å². The van der Waals surface area contributed by atoms with E-state index in [1.54, 1.807) is 12.3 Å². The maximum Gasteiger partial charge on any atom is 0.225 e. The van der Waals surface area contributed by atoms with Crippen LogP contribution in [0.2, 0.25) is 0 Å². The average Bonchev–Trinajstić information content (AvgIpc) is 3.31. The van der Waals surface area contributed by atoms with E-state index in [2.05, 4.69) is 4.98 Å². The van der Waals surface area contributed by atoms with Gasteiger partial charge in [-0.2, -0.15) is 0 Å². The van der Waals surface area contributed by atoms with Gasteiger partial charge in [0.05, 0.1) is 18.8 Å². The number of hydrogen-bond donors (Lipinski definition) is 0. The normalized spacial score (nSPS) is 19.6. The van der Waals surface area contributed by atoms with E-state index in [4.69, 9.17) is 9.72 Å². The van der Waals surface area contributed by atoms with Crippen molar-refractivity contribution in [2.45, 2.75) is 44.6 Å². The second kappa shape index (κ2) is 9.73. The predicted octanol–water partition coefficient (Wildman–Crippen LogP) is 4.22. The van der Waals surface area contributed by atoms with E-state index in [0.29, 0.717) is 49.2 Å². The first-order valence-electron chi connectivity index (χ1n) is 11.2. The van der Waals surface area contributed by atoms with Crippen molar-refractivity contribution in [3.63, 3.8) is 0 Å². The summed E-state index contributed by atoms with van der Waals surface area (Å²) in [4.78, 5) is 25.8. The van der Waals surface area contributed by atoms with Crippen molar-refractivity contribution in [2.24, 2.45) is 5.92 Å². The Kier molecular flexibility index (Phi) is 6.80. The zero-order chi connectivity index (χ0) is 21.8. The van der Waals surface area contributed by atoms with Crippen LogP contribution >= 0.6 is 0 Å². The fourth-order valence-electron chi connectivity index (χ4n) is 4.55. The van der Waals surface area contributed by atoms with Crippen LogP contribution in [0.5, 0.6) is 0 Å². The molecule has 2 aliphatic rings. The number of nitrogens with zero attached hydrogens (tertiary/aromatic N) is 4. The van der Waals surface area contributed by atoms with Gasteiger partial charge in [0, 0.05) is 38.8 Å². The van der Waals surface area contributed by atoms with Gasteiger partial charge >= 0.3 is 0 Å². The molecule has 31 heavy (non-hydrogen) atoms. The maximum absolute atomic E-state index is 13.9. The molecule has 1 atom stereocenters. The fraction of sp³-hybridized carbons (Fsp3) is 0.542. The number of halogens is 1. The highest BCUT2D eigenvalue weighted by molar-refractivity contribution is 5.76. The van der Waals surface area contributed by atoms with Crippen LogP contribution in [0, 0.1) is 11.7 Å².